The summed E-state index contributed by atoms with van der Waals surface area (Å²) in [5.41, 5.74) is 2.26. The Kier molecular flexibility index (Phi) is 5.78. The average Bonchev–Trinajstić information content (AvgIpc) is 3.10. The Morgan fingerprint density at radius 2 is 1.88 bits per heavy atom. The number of hydrogen-bond acceptors (Lipinski definition) is 4. The number of fused-ring (bicyclic) bond motifs is 1. The molecular weight excluding hydrogens is 413 g/mol. The summed E-state index contributed by atoms with van der Waals surface area (Å²) >= 11 is 0. The monoisotopic (exact) mass is 437 g/mol. The van der Waals surface area contributed by atoms with Crippen LogP contribution in [0.5, 0.6) is 0 Å². The van der Waals surface area contributed by atoms with Crippen LogP contribution in [0.3, 0.4) is 0 Å². The second kappa shape index (κ2) is 8.53. The molecule has 1 fully saturated rings. The highest BCUT2D eigenvalue weighted by atomic mass is 19.1. The molecular formula is C24H24FN3O4. The summed E-state index contributed by atoms with van der Waals surface area (Å²) < 4.78 is 15.2. The van der Waals surface area contributed by atoms with Crippen LogP contribution in [0.15, 0.2) is 36.4 Å². The minimum Gasteiger partial charge on any atom is -0.348 e. The van der Waals surface area contributed by atoms with Crippen LogP contribution in [0.25, 0.3) is 0 Å². The molecule has 0 aromatic heterocycles. The highest BCUT2D eigenvalue weighted by Gasteiger charge is 2.40. The van der Waals surface area contributed by atoms with E-state index in [9.17, 15) is 19.2 Å². The number of hydrogen-bond donors (Lipinski definition) is 2. The number of carbonyl (C=O) groups is 4. The zero-order valence-electron chi connectivity index (χ0n) is 17.9. The zero-order chi connectivity index (χ0) is 23.0. The Hall–Kier alpha value is -3.55. The Labute approximate surface area is 185 Å². The van der Waals surface area contributed by atoms with Gasteiger partial charge in [-0.3, -0.25) is 24.5 Å². The minimum atomic E-state index is -0.802. The van der Waals surface area contributed by atoms with E-state index >= 15 is 4.39 Å². The number of nitrogens with zero attached hydrogens (tertiary/aromatic N) is 1. The summed E-state index contributed by atoms with van der Waals surface area (Å²) in [4.78, 5) is 50.0. The van der Waals surface area contributed by atoms with Gasteiger partial charge in [0.1, 0.15) is 11.9 Å². The van der Waals surface area contributed by atoms with Gasteiger partial charge in [0.05, 0.1) is 6.54 Å². The molecule has 2 aliphatic rings. The summed E-state index contributed by atoms with van der Waals surface area (Å²) in [6, 6.07) is 9.45. The summed E-state index contributed by atoms with van der Waals surface area (Å²) in [5.74, 6) is -1.89. The maximum atomic E-state index is 15.2. The molecule has 2 aromatic rings. The van der Waals surface area contributed by atoms with Gasteiger partial charge in [-0.05, 0) is 36.1 Å². The SMILES string of the molecule is CC(C)c1ccc(C(=O)NCc2ccc3c(c2F)CN(C2CCC(=O)NC2=O)C3=O)cc1. The molecule has 0 radical (unpaired) electrons. The van der Waals surface area contributed by atoms with Crippen LogP contribution >= 0.6 is 0 Å². The fourth-order valence-electron chi connectivity index (χ4n) is 4.09. The van der Waals surface area contributed by atoms with Gasteiger partial charge in [-0.1, -0.05) is 32.0 Å². The highest BCUT2D eigenvalue weighted by molar-refractivity contribution is 6.05. The van der Waals surface area contributed by atoms with Gasteiger partial charge in [-0.15, -0.1) is 0 Å². The van der Waals surface area contributed by atoms with E-state index in [1.807, 2.05) is 12.1 Å². The minimum absolute atomic E-state index is 0.0313. The molecule has 0 aliphatic carbocycles. The number of piperidine rings is 1. The van der Waals surface area contributed by atoms with E-state index in [1.165, 1.54) is 17.0 Å². The van der Waals surface area contributed by atoms with Crippen molar-refractivity contribution in [2.45, 2.75) is 51.7 Å². The number of halogens is 1. The molecule has 32 heavy (non-hydrogen) atoms. The van der Waals surface area contributed by atoms with Gasteiger partial charge in [-0.25, -0.2) is 4.39 Å². The van der Waals surface area contributed by atoms with E-state index in [0.29, 0.717) is 11.5 Å². The van der Waals surface area contributed by atoms with E-state index in [0.717, 1.165) is 5.56 Å². The first-order valence-corrected chi connectivity index (χ1v) is 10.6. The second-order valence-electron chi connectivity index (χ2n) is 8.42. The highest BCUT2D eigenvalue weighted by Crippen LogP contribution is 2.30. The van der Waals surface area contributed by atoms with E-state index in [-0.39, 0.29) is 54.4 Å². The Balaban J connectivity index is 1.46. The predicted molar refractivity (Wildman–Crippen MR) is 114 cm³/mol. The lowest BCUT2D eigenvalue weighted by molar-refractivity contribution is -0.136. The fraction of sp³-hybridized carbons (Fsp3) is 0.333. The first-order valence-electron chi connectivity index (χ1n) is 10.6. The largest absolute Gasteiger partial charge is 0.348 e. The lowest BCUT2D eigenvalue weighted by Crippen LogP contribution is -2.52. The van der Waals surface area contributed by atoms with Crippen molar-refractivity contribution >= 4 is 23.6 Å². The summed E-state index contributed by atoms with van der Waals surface area (Å²) in [5, 5.41) is 4.94. The Morgan fingerprint density at radius 3 is 2.53 bits per heavy atom. The topological polar surface area (TPSA) is 95.6 Å². The third-order valence-corrected chi connectivity index (χ3v) is 6.01. The molecule has 0 bridgehead atoms. The van der Waals surface area contributed by atoms with Crippen molar-refractivity contribution < 1.29 is 23.6 Å². The lowest BCUT2D eigenvalue weighted by Gasteiger charge is -2.29. The van der Waals surface area contributed by atoms with Gasteiger partial charge in [0.2, 0.25) is 11.8 Å². The Morgan fingerprint density at radius 1 is 1.16 bits per heavy atom. The first kappa shape index (κ1) is 21.7. The molecule has 2 aliphatic heterocycles. The molecule has 0 spiro atoms. The molecule has 1 unspecified atom stereocenters. The Bertz CT molecular complexity index is 1110. The quantitative estimate of drug-likeness (QED) is 0.703. The number of amides is 4. The summed E-state index contributed by atoms with van der Waals surface area (Å²) in [6.07, 6.45) is 0.346. The van der Waals surface area contributed by atoms with Gasteiger partial charge in [0.15, 0.2) is 0 Å². The molecule has 7 nitrogen and oxygen atoms in total. The number of benzene rings is 2. The molecule has 1 atom stereocenters. The fourth-order valence-corrected chi connectivity index (χ4v) is 4.09. The van der Waals surface area contributed by atoms with Crippen molar-refractivity contribution in [2.75, 3.05) is 0 Å². The van der Waals surface area contributed by atoms with E-state index in [1.54, 1.807) is 12.1 Å². The van der Waals surface area contributed by atoms with Crippen molar-refractivity contribution in [3.05, 3.63) is 70.0 Å². The molecule has 4 rings (SSSR count). The van der Waals surface area contributed by atoms with Crippen molar-refractivity contribution in [2.24, 2.45) is 0 Å². The second-order valence-corrected chi connectivity index (χ2v) is 8.42. The number of rotatable bonds is 5. The van der Waals surface area contributed by atoms with Gasteiger partial charge < -0.3 is 10.2 Å². The van der Waals surface area contributed by atoms with Crippen LogP contribution in [0.1, 0.15) is 70.0 Å². The number of nitrogens with one attached hydrogen (secondary N) is 2. The van der Waals surface area contributed by atoms with Crippen molar-refractivity contribution in [1.82, 2.24) is 15.5 Å². The molecule has 2 heterocycles. The number of carbonyl (C=O) groups excluding carboxylic acids is 4. The number of imide groups is 1. The van der Waals surface area contributed by atoms with E-state index in [4.69, 9.17) is 0 Å². The van der Waals surface area contributed by atoms with Crippen molar-refractivity contribution in [3.63, 3.8) is 0 Å². The zero-order valence-corrected chi connectivity index (χ0v) is 17.9. The van der Waals surface area contributed by atoms with E-state index in [2.05, 4.69) is 24.5 Å². The van der Waals surface area contributed by atoms with Crippen LogP contribution in [0.2, 0.25) is 0 Å². The van der Waals surface area contributed by atoms with Crippen LogP contribution in [-0.4, -0.2) is 34.6 Å². The van der Waals surface area contributed by atoms with Gasteiger partial charge in [0.25, 0.3) is 11.8 Å². The van der Waals surface area contributed by atoms with Crippen molar-refractivity contribution in [3.8, 4) is 0 Å². The third kappa shape index (κ3) is 4.00. The summed E-state index contributed by atoms with van der Waals surface area (Å²) in [7, 11) is 0. The molecule has 1 saturated heterocycles. The molecule has 2 N–H and O–H groups in total. The van der Waals surface area contributed by atoms with Gasteiger partial charge in [-0.2, -0.15) is 0 Å². The standard InChI is InChI=1S/C24H24FN3O4/c1-13(2)14-3-5-15(6-4-14)22(30)26-11-16-7-8-17-18(21(16)25)12-28(24(17)32)19-9-10-20(29)27-23(19)31/h3-8,13,19H,9-12H2,1-2H3,(H,26,30)(H,27,29,31). The first-order chi connectivity index (χ1) is 15.3. The maximum Gasteiger partial charge on any atom is 0.255 e. The molecule has 0 saturated carbocycles. The smallest absolute Gasteiger partial charge is 0.255 e. The molecule has 2 aromatic carbocycles. The molecule has 8 heteroatoms. The normalized spacial score (nSPS) is 18.1. The maximum absolute atomic E-state index is 15.2. The van der Waals surface area contributed by atoms with Crippen LogP contribution in [0, 0.1) is 5.82 Å². The predicted octanol–water partition coefficient (Wildman–Crippen LogP) is 2.64. The summed E-state index contributed by atoms with van der Waals surface area (Å²) in [6.45, 7) is 4.05. The third-order valence-electron chi connectivity index (χ3n) is 6.01. The molecule has 4 amide bonds. The molecule has 166 valence electrons. The van der Waals surface area contributed by atoms with E-state index < -0.39 is 23.7 Å². The average molecular weight is 437 g/mol. The van der Waals surface area contributed by atoms with Crippen molar-refractivity contribution in [1.29, 1.82) is 0 Å². The lowest BCUT2D eigenvalue weighted by atomic mass is 10.0. The van der Waals surface area contributed by atoms with Crippen LogP contribution in [-0.2, 0) is 22.7 Å². The van der Waals surface area contributed by atoms with Crippen LogP contribution < -0.4 is 10.6 Å². The van der Waals surface area contributed by atoms with Gasteiger partial charge in [0, 0.05) is 35.2 Å². The van der Waals surface area contributed by atoms with Crippen LogP contribution in [0.4, 0.5) is 4.39 Å². The van der Waals surface area contributed by atoms with Gasteiger partial charge >= 0.3 is 0 Å².